The number of benzene rings is 2. The number of carbonyl (C=O) groups is 2. The van der Waals surface area contributed by atoms with Gasteiger partial charge in [0.2, 0.25) is 11.8 Å². The van der Waals surface area contributed by atoms with Gasteiger partial charge in [-0.2, -0.15) is 0 Å². The molecule has 0 saturated carbocycles. The quantitative estimate of drug-likeness (QED) is 0.660. The molecule has 2 amide bonds. The molecule has 3 aromatic rings. The molecule has 4 rings (SSSR count). The van der Waals surface area contributed by atoms with Gasteiger partial charge in [0.05, 0.1) is 17.3 Å². The van der Waals surface area contributed by atoms with Crippen molar-refractivity contribution in [2.45, 2.75) is 32.8 Å². The summed E-state index contributed by atoms with van der Waals surface area (Å²) in [6.45, 7) is 6.36. The number of anilines is 1. The molecular formula is C24H26N4O3. The molecule has 0 unspecified atom stereocenters. The first-order valence-electron chi connectivity index (χ1n) is 10.3. The van der Waals surface area contributed by atoms with Gasteiger partial charge < -0.3 is 15.4 Å². The highest BCUT2D eigenvalue weighted by molar-refractivity contribution is 5.97. The lowest BCUT2D eigenvalue weighted by Crippen LogP contribution is -2.24. The Balaban J connectivity index is 1.69. The molecule has 2 heterocycles. The molecular weight excluding hydrogens is 392 g/mol. The number of ether oxygens (including phenoxy) is 1. The Bertz CT molecular complexity index is 1100. The van der Waals surface area contributed by atoms with Crippen molar-refractivity contribution >= 4 is 17.6 Å². The number of carbonyl (C=O) groups excluding carboxylic acids is 2. The van der Waals surface area contributed by atoms with Gasteiger partial charge in [0.1, 0.15) is 11.4 Å². The largest absolute Gasteiger partial charge is 0.488 e. The van der Waals surface area contributed by atoms with Crippen molar-refractivity contribution in [1.82, 2.24) is 15.1 Å². The molecule has 31 heavy (non-hydrogen) atoms. The third-order valence-electron chi connectivity index (χ3n) is 4.86. The van der Waals surface area contributed by atoms with Crippen molar-refractivity contribution < 1.29 is 14.3 Å². The highest BCUT2D eigenvalue weighted by atomic mass is 16.5. The summed E-state index contributed by atoms with van der Waals surface area (Å²) in [4.78, 5) is 24.0. The summed E-state index contributed by atoms with van der Waals surface area (Å²) in [7, 11) is 0. The van der Waals surface area contributed by atoms with Crippen LogP contribution in [0.25, 0.3) is 16.9 Å². The number of hydrogen-bond donors (Lipinski definition) is 2. The van der Waals surface area contributed by atoms with Gasteiger partial charge in [0.25, 0.3) is 0 Å². The van der Waals surface area contributed by atoms with Crippen LogP contribution in [0.3, 0.4) is 0 Å². The summed E-state index contributed by atoms with van der Waals surface area (Å²) in [6, 6.07) is 19.4. The predicted molar refractivity (Wildman–Crippen MR) is 119 cm³/mol. The van der Waals surface area contributed by atoms with E-state index in [-0.39, 0.29) is 29.8 Å². The minimum Gasteiger partial charge on any atom is -0.488 e. The molecule has 1 saturated heterocycles. The van der Waals surface area contributed by atoms with E-state index in [0.29, 0.717) is 12.4 Å². The molecule has 1 aromatic heterocycles. The summed E-state index contributed by atoms with van der Waals surface area (Å²) >= 11 is 0. The van der Waals surface area contributed by atoms with Crippen LogP contribution in [0.2, 0.25) is 0 Å². The Kier molecular flexibility index (Phi) is 5.50. The molecule has 0 radical (unpaired) electrons. The molecule has 0 bridgehead atoms. The van der Waals surface area contributed by atoms with Gasteiger partial charge in [-0.3, -0.25) is 9.59 Å². The number of rotatable bonds is 5. The SMILES string of the molecule is CC(C)(C)Oc1cccc(-c2cc(NC(=O)[C@H]3CNC(=O)C3)nn2-c2ccccc2)c1. The number of amides is 2. The highest BCUT2D eigenvalue weighted by Crippen LogP contribution is 2.30. The van der Waals surface area contributed by atoms with Crippen LogP contribution < -0.4 is 15.4 Å². The molecule has 0 aliphatic carbocycles. The van der Waals surface area contributed by atoms with E-state index in [1.807, 2.05) is 81.4 Å². The monoisotopic (exact) mass is 418 g/mol. The van der Waals surface area contributed by atoms with E-state index in [9.17, 15) is 9.59 Å². The highest BCUT2D eigenvalue weighted by Gasteiger charge is 2.28. The molecule has 1 atom stereocenters. The molecule has 7 nitrogen and oxygen atoms in total. The lowest BCUT2D eigenvalue weighted by Gasteiger charge is -2.21. The topological polar surface area (TPSA) is 85.2 Å². The van der Waals surface area contributed by atoms with Crippen LogP contribution in [-0.2, 0) is 9.59 Å². The Morgan fingerprint density at radius 1 is 1.13 bits per heavy atom. The van der Waals surface area contributed by atoms with E-state index in [1.165, 1.54) is 0 Å². The zero-order valence-electron chi connectivity index (χ0n) is 17.9. The average Bonchev–Trinajstić information content (AvgIpc) is 3.34. The smallest absolute Gasteiger partial charge is 0.230 e. The zero-order chi connectivity index (χ0) is 22.0. The fraction of sp³-hybridized carbons (Fsp3) is 0.292. The van der Waals surface area contributed by atoms with Gasteiger partial charge in [0, 0.05) is 24.6 Å². The fourth-order valence-electron chi connectivity index (χ4n) is 3.51. The number of hydrogen-bond acceptors (Lipinski definition) is 4. The Morgan fingerprint density at radius 3 is 2.58 bits per heavy atom. The van der Waals surface area contributed by atoms with Gasteiger partial charge in [-0.1, -0.05) is 30.3 Å². The summed E-state index contributed by atoms with van der Waals surface area (Å²) in [6.07, 6.45) is 0.199. The van der Waals surface area contributed by atoms with Gasteiger partial charge in [-0.25, -0.2) is 4.68 Å². The molecule has 1 aliphatic heterocycles. The van der Waals surface area contributed by atoms with Crippen LogP contribution in [0.5, 0.6) is 5.75 Å². The third kappa shape index (κ3) is 4.94. The van der Waals surface area contributed by atoms with Gasteiger partial charge in [-0.15, -0.1) is 5.10 Å². The third-order valence-corrected chi connectivity index (χ3v) is 4.86. The summed E-state index contributed by atoms with van der Waals surface area (Å²) in [5.41, 5.74) is 2.29. The second-order valence-corrected chi connectivity index (χ2v) is 8.60. The maximum absolute atomic E-state index is 12.6. The van der Waals surface area contributed by atoms with Crippen LogP contribution in [0.15, 0.2) is 60.7 Å². The summed E-state index contributed by atoms with van der Waals surface area (Å²) in [5.74, 6) is 0.484. The zero-order valence-corrected chi connectivity index (χ0v) is 17.9. The molecule has 160 valence electrons. The molecule has 7 heteroatoms. The van der Waals surface area contributed by atoms with Crippen molar-refractivity contribution in [1.29, 1.82) is 0 Å². The van der Waals surface area contributed by atoms with E-state index in [0.717, 1.165) is 22.7 Å². The van der Waals surface area contributed by atoms with Gasteiger partial charge >= 0.3 is 0 Å². The van der Waals surface area contributed by atoms with E-state index >= 15 is 0 Å². The van der Waals surface area contributed by atoms with Crippen molar-refractivity contribution in [2.24, 2.45) is 5.92 Å². The molecule has 2 aromatic carbocycles. The number of nitrogens with zero attached hydrogens (tertiary/aromatic N) is 2. The van der Waals surface area contributed by atoms with E-state index in [4.69, 9.17) is 4.74 Å². The maximum Gasteiger partial charge on any atom is 0.230 e. The fourth-order valence-corrected chi connectivity index (χ4v) is 3.51. The minimum atomic E-state index is -0.388. The van der Waals surface area contributed by atoms with Crippen LogP contribution >= 0.6 is 0 Å². The predicted octanol–water partition coefficient (Wildman–Crippen LogP) is 3.79. The summed E-state index contributed by atoms with van der Waals surface area (Å²) < 4.78 is 7.82. The first kappa shape index (κ1) is 20.7. The number of aromatic nitrogens is 2. The number of para-hydroxylation sites is 1. The Hall–Kier alpha value is -3.61. The van der Waals surface area contributed by atoms with Crippen molar-refractivity contribution in [3.8, 4) is 22.7 Å². The minimum absolute atomic E-state index is 0.105. The van der Waals surface area contributed by atoms with E-state index in [1.54, 1.807) is 4.68 Å². The van der Waals surface area contributed by atoms with Crippen molar-refractivity contribution in [2.75, 3.05) is 11.9 Å². The maximum atomic E-state index is 12.6. The Morgan fingerprint density at radius 2 is 1.90 bits per heavy atom. The first-order chi connectivity index (χ1) is 14.8. The van der Waals surface area contributed by atoms with Gasteiger partial charge in [-0.05, 0) is 45.0 Å². The Labute approximate surface area is 181 Å². The van der Waals surface area contributed by atoms with E-state index < -0.39 is 0 Å². The molecule has 1 fully saturated rings. The second-order valence-electron chi connectivity index (χ2n) is 8.60. The van der Waals surface area contributed by atoms with Crippen molar-refractivity contribution in [3.63, 3.8) is 0 Å². The van der Waals surface area contributed by atoms with Crippen LogP contribution in [-0.4, -0.2) is 33.7 Å². The lowest BCUT2D eigenvalue weighted by atomic mass is 10.1. The lowest BCUT2D eigenvalue weighted by molar-refractivity contribution is -0.123. The van der Waals surface area contributed by atoms with Gasteiger partial charge in [0.15, 0.2) is 5.82 Å². The number of nitrogens with one attached hydrogen (secondary N) is 2. The molecule has 2 N–H and O–H groups in total. The molecule has 1 aliphatic rings. The normalized spacial score (nSPS) is 16.1. The van der Waals surface area contributed by atoms with E-state index in [2.05, 4.69) is 15.7 Å². The van der Waals surface area contributed by atoms with Crippen LogP contribution in [0, 0.1) is 5.92 Å². The average molecular weight is 418 g/mol. The van der Waals surface area contributed by atoms with Crippen LogP contribution in [0.1, 0.15) is 27.2 Å². The first-order valence-corrected chi connectivity index (χ1v) is 10.3. The van der Waals surface area contributed by atoms with Crippen LogP contribution in [0.4, 0.5) is 5.82 Å². The standard InChI is InChI=1S/C24H26N4O3/c1-24(2,3)31-19-11-7-8-16(12-19)20-14-21(26-23(30)17-13-22(29)25-15-17)27-28(20)18-9-5-4-6-10-18/h4-12,14,17H,13,15H2,1-3H3,(H,25,29)(H,26,27,30)/t17-/m1/s1. The second kappa shape index (κ2) is 8.26. The van der Waals surface area contributed by atoms with Crippen molar-refractivity contribution in [3.05, 3.63) is 60.7 Å². The molecule has 0 spiro atoms. The summed E-state index contributed by atoms with van der Waals surface area (Å²) in [5, 5.41) is 10.2.